The van der Waals surface area contributed by atoms with Crippen LogP contribution in [0.4, 0.5) is 5.95 Å². The van der Waals surface area contributed by atoms with Crippen molar-refractivity contribution in [3.63, 3.8) is 0 Å². The van der Waals surface area contributed by atoms with Crippen LogP contribution in [0.25, 0.3) is 11.2 Å². The van der Waals surface area contributed by atoms with Crippen molar-refractivity contribution in [1.29, 1.82) is 0 Å². The van der Waals surface area contributed by atoms with E-state index in [0.717, 1.165) is 9.13 Å². The summed E-state index contributed by atoms with van der Waals surface area (Å²) in [6.45, 7) is -0.686. The molecule has 2 aromatic heterocycles. The second-order valence-corrected chi connectivity index (χ2v) is 5.19. The van der Waals surface area contributed by atoms with E-state index in [1.807, 2.05) is 0 Å². The monoisotopic (exact) mass is 325 g/mol. The van der Waals surface area contributed by atoms with E-state index >= 15 is 0 Å². The topological polar surface area (TPSA) is 165 Å². The molecule has 0 saturated carbocycles. The Bertz CT molecular complexity index is 867. The van der Waals surface area contributed by atoms with Gasteiger partial charge in [-0.05, 0) is 0 Å². The molecule has 0 bridgehead atoms. The number of H-pyrrole nitrogens is 1. The largest absolute Gasteiger partial charge is 0.394 e. The van der Waals surface area contributed by atoms with Crippen LogP contribution in [0.1, 0.15) is 12.6 Å². The molecular weight excluding hydrogens is 310 g/mol. The number of carbonyl (C=O) groups excluding carboxylic acids is 1. The van der Waals surface area contributed by atoms with Crippen molar-refractivity contribution in [2.24, 2.45) is 0 Å². The summed E-state index contributed by atoms with van der Waals surface area (Å²) >= 11 is 0. The predicted octanol–water partition coefficient (Wildman–Crippen LogP) is -2.69. The molecule has 0 aromatic carbocycles. The molecule has 3 unspecified atom stereocenters. The van der Waals surface area contributed by atoms with Crippen molar-refractivity contribution in [1.82, 2.24) is 19.1 Å². The Morgan fingerprint density at radius 2 is 2.22 bits per heavy atom. The zero-order valence-electron chi connectivity index (χ0n) is 11.9. The molecular formula is C12H15N5O6. The minimum Gasteiger partial charge on any atom is -0.394 e. The summed E-state index contributed by atoms with van der Waals surface area (Å²) in [7, 11) is 0. The molecule has 0 spiro atoms. The van der Waals surface area contributed by atoms with Crippen molar-refractivity contribution < 1.29 is 19.7 Å². The number of aliphatic hydroxyl groups is 2. The van der Waals surface area contributed by atoms with Gasteiger partial charge in [0, 0.05) is 6.42 Å². The molecule has 0 radical (unpaired) electrons. The smallest absolute Gasteiger partial charge is 0.333 e. The number of nitrogen functional groups attached to an aromatic ring is 1. The average molecular weight is 325 g/mol. The van der Waals surface area contributed by atoms with E-state index < -0.39 is 29.7 Å². The first-order valence-electron chi connectivity index (χ1n) is 6.86. The number of aldehydes is 1. The fourth-order valence-electron chi connectivity index (χ4n) is 2.75. The van der Waals surface area contributed by atoms with E-state index in [4.69, 9.17) is 15.6 Å². The third kappa shape index (κ3) is 2.34. The number of imidazole rings is 1. The second-order valence-electron chi connectivity index (χ2n) is 5.19. The SMILES string of the molecule is Nc1nc2c(c(=O)[nH]1)n(CC=O)c(=O)n2C1OC(CO)CC1O. The summed E-state index contributed by atoms with van der Waals surface area (Å²) in [6, 6.07) is 0. The number of aromatic amines is 1. The lowest BCUT2D eigenvalue weighted by Gasteiger charge is -2.15. The Morgan fingerprint density at radius 1 is 1.48 bits per heavy atom. The summed E-state index contributed by atoms with van der Waals surface area (Å²) in [5.41, 5.74) is 3.85. The third-order valence-electron chi connectivity index (χ3n) is 3.71. The molecule has 124 valence electrons. The van der Waals surface area contributed by atoms with Crippen molar-refractivity contribution in [3.05, 3.63) is 20.8 Å². The number of rotatable bonds is 4. The van der Waals surface area contributed by atoms with Crippen LogP contribution in [0.2, 0.25) is 0 Å². The molecule has 5 N–H and O–H groups in total. The van der Waals surface area contributed by atoms with E-state index in [9.17, 15) is 19.5 Å². The number of nitrogens with two attached hydrogens (primary N) is 1. The van der Waals surface area contributed by atoms with Crippen molar-refractivity contribution in [2.75, 3.05) is 12.3 Å². The van der Waals surface area contributed by atoms with E-state index in [1.165, 1.54) is 0 Å². The van der Waals surface area contributed by atoms with Gasteiger partial charge in [-0.2, -0.15) is 4.98 Å². The molecule has 11 heteroatoms. The van der Waals surface area contributed by atoms with Gasteiger partial charge < -0.3 is 25.5 Å². The van der Waals surface area contributed by atoms with Gasteiger partial charge in [-0.25, -0.2) is 9.36 Å². The molecule has 1 fully saturated rings. The third-order valence-corrected chi connectivity index (χ3v) is 3.71. The van der Waals surface area contributed by atoms with Gasteiger partial charge in [-0.1, -0.05) is 0 Å². The Balaban J connectivity index is 2.29. The first-order chi connectivity index (χ1) is 11.0. The first kappa shape index (κ1) is 15.4. The Hall–Kier alpha value is -2.50. The molecule has 1 aliphatic heterocycles. The number of aromatic nitrogens is 4. The molecule has 2 aromatic rings. The fourth-order valence-corrected chi connectivity index (χ4v) is 2.75. The number of hydrogen-bond donors (Lipinski definition) is 4. The summed E-state index contributed by atoms with van der Waals surface area (Å²) < 4.78 is 7.34. The van der Waals surface area contributed by atoms with Gasteiger partial charge in [-0.3, -0.25) is 14.3 Å². The average Bonchev–Trinajstić information content (AvgIpc) is 2.98. The van der Waals surface area contributed by atoms with Crippen LogP contribution >= 0.6 is 0 Å². The lowest BCUT2D eigenvalue weighted by molar-refractivity contribution is -0.108. The van der Waals surface area contributed by atoms with E-state index in [2.05, 4.69) is 9.97 Å². The molecule has 1 aliphatic rings. The van der Waals surface area contributed by atoms with Gasteiger partial charge in [0.2, 0.25) is 5.95 Å². The normalized spacial score (nSPS) is 24.3. The molecule has 23 heavy (non-hydrogen) atoms. The van der Waals surface area contributed by atoms with Crippen molar-refractivity contribution in [3.8, 4) is 0 Å². The van der Waals surface area contributed by atoms with Crippen LogP contribution < -0.4 is 17.0 Å². The lowest BCUT2D eigenvalue weighted by Crippen LogP contribution is -2.32. The van der Waals surface area contributed by atoms with Crippen LogP contribution in [-0.4, -0.2) is 54.4 Å². The number of hydrogen-bond acceptors (Lipinski definition) is 8. The standard InChI is InChI=1S/C12H15N5O6/c13-11-14-8-7(9(21)15-11)16(1-2-18)12(22)17(8)10-6(20)3-5(4-19)23-10/h2,5-6,10,19-20H,1,3-4H2,(H3,13,14,15,21). The lowest BCUT2D eigenvalue weighted by atomic mass is 10.2. The van der Waals surface area contributed by atoms with Gasteiger partial charge >= 0.3 is 5.69 Å². The summed E-state index contributed by atoms with van der Waals surface area (Å²) in [6.07, 6.45) is -2.28. The van der Waals surface area contributed by atoms with Gasteiger partial charge in [0.05, 0.1) is 19.3 Å². The highest BCUT2D eigenvalue weighted by Crippen LogP contribution is 2.29. The second kappa shape index (κ2) is 5.61. The molecule has 3 atom stereocenters. The zero-order chi connectivity index (χ0) is 16.7. The molecule has 3 rings (SSSR count). The van der Waals surface area contributed by atoms with Gasteiger partial charge in [0.1, 0.15) is 12.4 Å². The van der Waals surface area contributed by atoms with Crippen molar-refractivity contribution in [2.45, 2.75) is 31.4 Å². The van der Waals surface area contributed by atoms with Crippen LogP contribution in [0, 0.1) is 0 Å². The maximum Gasteiger partial charge on any atom is 0.333 e. The van der Waals surface area contributed by atoms with Crippen LogP contribution in [-0.2, 0) is 16.1 Å². The highest BCUT2D eigenvalue weighted by molar-refractivity contribution is 5.73. The maximum atomic E-state index is 12.5. The highest BCUT2D eigenvalue weighted by Gasteiger charge is 2.38. The number of ether oxygens (including phenoxy) is 1. The minimum absolute atomic E-state index is 0.0965. The molecule has 1 saturated heterocycles. The number of carbonyl (C=O) groups is 1. The Labute approximate surface area is 127 Å². The molecule has 0 amide bonds. The van der Waals surface area contributed by atoms with Crippen LogP contribution in [0.3, 0.4) is 0 Å². The predicted molar refractivity (Wildman–Crippen MR) is 76.7 cm³/mol. The van der Waals surface area contributed by atoms with Crippen molar-refractivity contribution >= 4 is 23.4 Å². The van der Waals surface area contributed by atoms with Gasteiger partial charge in [0.25, 0.3) is 5.56 Å². The Kier molecular flexibility index (Phi) is 3.75. The van der Waals surface area contributed by atoms with Crippen LogP contribution in [0.5, 0.6) is 0 Å². The fraction of sp³-hybridized carbons (Fsp3) is 0.500. The number of anilines is 1. The molecule has 3 heterocycles. The number of aliphatic hydroxyl groups excluding tert-OH is 2. The Morgan fingerprint density at radius 3 is 2.83 bits per heavy atom. The summed E-state index contributed by atoms with van der Waals surface area (Å²) in [5.74, 6) is -0.217. The van der Waals surface area contributed by atoms with E-state index in [1.54, 1.807) is 0 Å². The van der Waals surface area contributed by atoms with Gasteiger partial charge in [0.15, 0.2) is 17.4 Å². The highest BCUT2D eigenvalue weighted by atomic mass is 16.5. The number of fused-ring (bicyclic) bond motifs is 1. The number of nitrogens with zero attached hydrogens (tertiary/aromatic N) is 3. The van der Waals surface area contributed by atoms with E-state index in [0.29, 0.717) is 6.29 Å². The quantitative estimate of drug-likeness (QED) is 0.441. The van der Waals surface area contributed by atoms with Crippen LogP contribution in [0.15, 0.2) is 9.59 Å². The summed E-state index contributed by atoms with van der Waals surface area (Å²) in [4.78, 5) is 41.6. The maximum absolute atomic E-state index is 12.5. The van der Waals surface area contributed by atoms with E-state index in [-0.39, 0.29) is 36.7 Å². The van der Waals surface area contributed by atoms with Gasteiger partial charge in [-0.15, -0.1) is 0 Å². The minimum atomic E-state index is -1.14. The summed E-state index contributed by atoms with van der Waals surface area (Å²) in [5, 5.41) is 19.2. The zero-order valence-corrected chi connectivity index (χ0v) is 11.9. The first-order valence-corrected chi connectivity index (χ1v) is 6.86. The molecule has 0 aliphatic carbocycles. The number of nitrogens with one attached hydrogen (secondary N) is 1. The molecule has 11 nitrogen and oxygen atoms in total.